The van der Waals surface area contributed by atoms with Gasteiger partial charge >= 0.3 is 5.97 Å². The highest BCUT2D eigenvalue weighted by Gasteiger charge is 2.05. The Hall–Kier alpha value is -3.42. The van der Waals surface area contributed by atoms with Crippen LogP contribution in [0.5, 0.6) is 5.75 Å². The van der Waals surface area contributed by atoms with Crippen LogP contribution in [-0.4, -0.2) is 35.6 Å². The van der Waals surface area contributed by atoms with Gasteiger partial charge in [-0.1, -0.05) is 12.1 Å². The summed E-state index contributed by atoms with van der Waals surface area (Å²) in [5.74, 6) is 0.784. The molecule has 2 aromatic rings. The van der Waals surface area contributed by atoms with Gasteiger partial charge in [0.1, 0.15) is 24.4 Å². The molecular formula is C18H19N3O5. The normalized spacial score (nSPS) is 10.5. The van der Waals surface area contributed by atoms with Crippen molar-refractivity contribution < 1.29 is 19.2 Å². The number of hydrogen-bond donors (Lipinski definition) is 1. The highest BCUT2D eigenvalue weighted by Crippen LogP contribution is 2.13. The third kappa shape index (κ3) is 6.23. The monoisotopic (exact) mass is 357 g/mol. The van der Waals surface area contributed by atoms with Crippen LogP contribution in [-0.2, 0) is 9.53 Å². The van der Waals surface area contributed by atoms with Crippen molar-refractivity contribution in [1.29, 1.82) is 0 Å². The van der Waals surface area contributed by atoms with Crippen LogP contribution in [0.2, 0.25) is 0 Å². The summed E-state index contributed by atoms with van der Waals surface area (Å²) in [5.41, 5.74) is 0.778. The molecule has 0 aliphatic carbocycles. The van der Waals surface area contributed by atoms with E-state index in [1.165, 1.54) is 18.2 Å². The van der Waals surface area contributed by atoms with Crippen LogP contribution in [0.4, 0.5) is 11.5 Å². The number of nitrogens with zero attached hydrogens (tertiary/aromatic N) is 2. The fourth-order valence-electron chi connectivity index (χ4n) is 1.98. The molecule has 0 aliphatic heterocycles. The van der Waals surface area contributed by atoms with Gasteiger partial charge in [-0.2, -0.15) is 0 Å². The Labute approximate surface area is 150 Å². The van der Waals surface area contributed by atoms with E-state index in [2.05, 4.69) is 10.3 Å². The molecule has 26 heavy (non-hydrogen) atoms. The maximum Gasteiger partial charge on any atom is 0.330 e. The Morgan fingerprint density at radius 1 is 1.27 bits per heavy atom. The van der Waals surface area contributed by atoms with E-state index in [1.807, 2.05) is 31.2 Å². The molecule has 0 aliphatic rings. The van der Waals surface area contributed by atoms with Gasteiger partial charge in [-0.05, 0) is 36.8 Å². The zero-order chi connectivity index (χ0) is 18.8. The second-order valence-corrected chi connectivity index (χ2v) is 5.09. The van der Waals surface area contributed by atoms with Crippen molar-refractivity contribution in [2.24, 2.45) is 0 Å². The van der Waals surface area contributed by atoms with Crippen molar-refractivity contribution in [3.05, 3.63) is 64.3 Å². The smallest absolute Gasteiger partial charge is 0.330 e. The molecule has 0 atom stereocenters. The standard InChI is InChI=1S/C18H19N3O5/c1-2-25-16-7-3-14(4-8-16)5-10-18(22)26-12-11-19-17-9-6-15(13-20-17)21(23)24/h3-10,13H,2,11-12H2,1H3,(H,19,20)/b10-5+. The summed E-state index contributed by atoms with van der Waals surface area (Å²) in [4.78, 5) is 25.6. The zero-order valence-electron chi connectivity index (χ0n) is 14.3. The Bertz CT molecular complexity index is 757. The molecule has 8 heteroatoms. The van der Waals surface area contributed by atoms with Crippen LogP contribution in [0.25, 0.3) is 6.08 Å². The third-order valence-electron chi connectivity index (χ3n) is 3.21. The van der Waals surface area contributed by atoms with Crippen molar-refractivity contribution in [3.8, 4) is 5.75 Å². The van der Waals surface area contributed by atoms with Crippen LogP contribution in [0.3, 0.4) is 0 Å². The molecular weight excluding hydrogens is 338 g/mol. The van der Waals surface area contributed by atoms with Gasteiger partial charge in [0.15, 0.2) is 0 Å². The van der Waals surface area contributed by atoms with E-state index in [0.29, 0.717) is 19.0 Å². The first kappa shape index (κ1) is 18.9. The number of nitrogens with one attached hydrogen (secondary N) is 1. The van der Waals surface area contributed by atoms with Gasteiger partial charge in [-0.25, -0.2) is 9.78 Å². The molecule has 0 bridgehead atoms. The van der Waals surface area contributed by atoms with E-state index in [1.54, 1.807) is 6.08 Å². The highest BCUT2D eigenvalue weighted by atomic mass is 16.6. The number of aromatic nitrogens is 1. The summed E-state index contributed by atoms with van der Waals surface area (Å²) < 4.78 is 10.4. The quantitative estimate of drug-likeness (QED) is 0.242. The van der Waals surface area contributed by atoms with Gasteiger partial charge in [-0.3, -0.25) is 10.1 Å². The van der Waals surface area contributed by atoms with Gasteiger partial charge in [-0.15, -0.1) is 0 Å². The average Bonchev–Trinajstić information content (AvgIpc) is 2.65. The second-order valence-electron chi connectivity index (χ2n) is 5.09. The van der Waals surface area contributed by atoms with Gasteiger partial charge in [0, 0.05) is 12.1 Å². The lowest BCUT2D eigenvalue weighted by molar-refractivity contribution is -0.385. The van der Waals surface area contributed by atoms with E-state index >= 15 is 0 Å². The first-order valence-electron chi connectivity index (χ1n) is 8.00. The number of rotatable bonds is 9. The van der Waals surface area contributed by atoms with Crippen LogP contribution in [0.1, 0.15) is 12.5 Å². The molecule has 0 saturated heterocycles. The summed E-state index contributed by atoms with van der Waals surface area (Å²) >= 11 is 0. The predicted molar refractivity (Wildman–Crippen MR) is 97.0 cm³/mol. The van der Waals surface area contributed by atoms with Crippen molar-refractivity contribution in [1.82, 2.24) is 4.98 Å². The van der Waals surface area contributed by atoms with Crippen LogP contribution < -0.4 is 10.1 Å². The van der Waals surface area contributed by atoms with Gasteiger partial charge in [0.2, 0.25) is 0 Å². The van der Waals surface area contributed by atoms with E-state index in [-0.39, 0.29) is 12.3 Å². The second kappa shape index (κ2) is 9.77. The number of esters is 1. The van der Waals surface area contributed by atoms with Crippen LogP contribution in [0.15, 0.2) is 48.7 Å². The topological polar surface area (TPSA) is 104 Å². The lowest BCUT2D eigenvalue weighted by atomic mass is 10.2. The van der Waals surface area contributed by atoms with Crippen molar-refractivity contribution in [3.63, 3.8) is 0 Å². The van der Waals surface area contributed by atoms with Gasteiger partial charge < -0.3 is 14.8 Å². The number of ether oxygens (including phenoxy) is 2. The van der Waals surface area contributed by atoms with E-state index < -0.39 is 10.9 Å². The molecule has 1 aromatic carbocycles. The minimum atomic E-state index is -0.519. The Kier molecular flexibility index (Phi) is 7.11. The number of carbonyl (C=O) groups excluding carboxylic acids is 1. The Morgan fingerprint density at radius 3 is 2.65 bits per heavy atom. The lowest BCUT2D eigenvalue weighted by Crippen LogP contribution is -2.13. The molecule has 0 spiro atoms. The molecule has 0 amide bonds. The maximum absolute atomic E-state index is 11.7. The summed E-state index contributed by atoms with van der Waals surface area (Å²) in [6, 6.07) is 10.2. The van der Waals surface area contributed by atoms with Crippen molar-refractivity contribution >= 4 is 23.6 Å². The lowest BCUT2D eigenvalue weighted by Gasteiger charge is -2.05. The first-order chi connectivity index (χ1) is 12.6. The minimum absolute atomic E-state index is 0.0820. The molecule has 2 rings (SSSR count). The molecule has 1 N–H and O–H groups in total. The fraction of sp³-hybridized carbons (Fsp3) is 0.222. The number of benzene rings is 1. The molecule has 0 fully saturated rings. The molecule has 1 heterocycles. The maximum atomic E-state index is 11.7. The largest absolute Gasteiger partial charge is 0.494 e. The highest BCUT2D eigenvalue weighted by molar-refractivity contribution is 5.87. The van der Waals surface area contributed by atoms with E-state index in [0.717, 1.165) is 17.5 Å². The first-order valence-corrected chi connectivity index (χ1v) is 8.00. The zero-order valence-corrected chi connectivity index (χ0v) is 14.3. The summed E-state index contributed by atoms with van der Waals surface area (Å²) in [7, 11) is 0. The van der Waals surface area contributed by atoms with E-state index in [4.69, 9.17) is 9.47 Å². The number of carbonyl (C=O) groups is 1. The summed E-state index contributed by atoms with van der Waals surface area (Å²) in [5, 5.41) is 13.4. The number of anilines is 1. The van der Waals surface area contributed by atoms with Gasteiger partial charge in [0.05, 0.1) is 18.1 Å². The molecule has 0 saturated carbocycles. The fourth-order valence-corrected chi connectivity index (χ4v) is 1.98. The number of hydrogen-bond acceptors (Lipinski definition) is 7. The minimum Gasteiger partial charge on any atom is -0.494 e. The molecule has 0 radical (unpaired) electrons. The molecule has 136 valence electrons. The van der Waals surface area contributed by atoms with Crippen molar-refractivity contribution in [2.45, 2.75) is 6.92 Å². The summed E-state index contributed by atoms with van der Waals surface area (Å²) in [6.07, 6.45) is 4.16. The van der Waals surface area contributed by atoms with Crippen LogP contribution in [0, 0.1) is 10.1 Å². The molecule has 8 nitrogen and oxygen atoms in total. The van der Waals surface area contributed by atoms with E-state index in [9.17, 15) is 14.9 Å². The van der Waals surface area contributed by atoms with Crippen LogP contribution >= 0.6 is 0 Å². The predicted octanol–water partition coefficient (Wildman–Crippen LogP) is 3.06. The Balaban J connectivity index is 1.70. The average molecular weight is 357 g/mol. The number of nitro groups is 1. The third-order valence-corrected chi connectivity index (χ3v) is 3.21. The number of pyridine rings is 1. The molecule has 1 aromatic heterocycles. The van der Waals surface area contributed by atoms with Crippen molar-refractivity contribution in [2.75, 3.05) is 25.1 Å². The Morgan fingerprint density at radius 2 is 2.04 bits per heavy atom. The van der Waals surface area contributed by atoms with Gasteiger partial charge in [0.25, 0.3) is 5.69 Å². The summed E-state index contributed by atoms with van der Waals surface area (Å²) in [6.45, 7) is 3.00. The SMILES string of the molecule is CCOc1ccc(/C=C/C(=O)OCCNc2ccc([N+](=O)[O-])cn2)cc1. The molecule has 0 unspecified atom stereocenters.